The Balaban J connectivity index is 1.30. The Morgan fingerprint density at radius 3 is 2.31 bits per heavy atom. The number of nitrogens with zero attached hydrogens (tertiary/aromatic N) is 3. The van der Waals surface area contributed by atoms with Gasteiger partial charge in [-0.1, -0.05) is 60.1 Å². The molecule has 39 heavy (non-hydrogen) atoms. The van der Waals surface area contributed by atoms with Gasteiger partial charge in [-0.05, 0) is 53.8 Å². The first-order valence-electron chi connectivity index (χ1n) is 13.7. The maximum Gasteiger partial charge on any atom is 0.253 e. The Hall–Kier alpha value is -3.39. The second-order valence-electron chi connectivity index (χ2n) is 10.2. The molecule has 1 atom stereocenters. The Labute approximate surface area is 235 Å². The predicted octanol–water partition coefficient (Wildman–Crippen LogP) is 3.35. The van der Waals surface area contributed by atoms with Gasteiger partial charge in [-0.25, -0.2) is 0 Å². The number of hydrogen-bond donors (Lipinski definition) is 2. The summed E-state index contributed by atoms with van der Waals surface area (Å²) < 4.78 is 0. The first kappa shape index (κ1) is 27.2. The van der Waals surface area contributed by atoms with Crippen molar-refractivity contribution in [2.24, 2.45) is 5.73 Å². The summed E-state index contributed by atoms with van der Waals surface area (Å²) in [7, 11) is 0. The molecule has 7 nitrogen and oxygen atoms in total. The fourth-order valence-electron chi connectivity index (χ4n) is 5.60. The molecule has 5 rings (SSSR count). The van der Waals surface area contributed by atoms with Crippen molar-refractivity contribution in [2.45, 2.75) is 25.4 Å². The summed E-state index contributed by atoms with van der Waals surface area (Å²) >= 11 is 6.14. The van der Waals surface area contributed by atoms with E-state index in [4.69, 9.17) is 17.3 Å². The van der Waals surface area contributed by atoms with Crippen LogP contribution >= 0.6 is 11.6 Å². The number of anilines is 1. The average Bonchev–Trinajstić information content (AvgIpc) is 2.99. The van der Waals surface area contributed by atoms with Gasteiger partial charge in [0, 0.05) is 63.1 Å². The van der Waals surface area contributed by atoms with Crippen molar-refractivity contribution >= 4 is 29.1 Å². The van der Waals surface area contributed by atoms with Crippen LogP contribution in [0.4, 0.5) is 5.69 Å². The first-order valence-corrected chi connectivity index (χ1v) is 14.1. The van der Waals surface area contributed by atoms with Crippen molar-refractivity contribution in [1.29, 1.82) is 0 Å². The maximum absolute atomic E-state index is 14.1. The number of para-hydroxylation sites is 1. The Morgan fingerprint density at radius 1 is 0.872 bits per heavy atom. The molecule has 0 aromatic heterocycles. The van der Waals surface area contributed by atoms with Crippen LogP contribution < -0.4 is 16.0 Å². The summed E-state index contributed by atoms with van der Waals surface area (Å²) in [4.78, 5) is 33.3. The number of hydrogen-bond acceptors (Lipinski definition) is 5. The standard InChI is InChI=1S/C31H36ClN5O2/c32-26-11-9-23(10-12-26)21-29(37-16-13-24-5-1-2-6-25(24)22-37)31(39)36-19-17-35(18-20-36)28-8-4-3-7-27(28)30(38)34-15-14-33/h1-12,29H,13-22,33H2,(H,34,38)/t29-/m1/s1. The van der Waals surface area contributed by atoms with E-state index in [1.54, 1.807) is 0 Å². The average molecular weight is 546 g/mol. The molecular weight excluding hydrogens is 510 g/mol. The number of piperazine rings is 1. The van der Waals surface area contributed by atoms with Crippen LogP contribution in [-0.4, -0.2) is 73.5 Å². The molecule has 0 unspecified atom stereocenters. The molecule has 3 N–H and O–H groups in total. The highest BCUT2D eigenvalue weighted by atomic mass is 35.5. The number of rotatable bonds is 8. The molecule has 1 fully saturated rings. The van der Waals surface area contributed by atoms with E-state index in [9.17, 15) is 9.59 Å². The Bertz CT molecular complexity index is 1290. The van der Waals surface area contributed by atoms with E-state index in [-0.39, 0.29) is 17.9 Å². The Morgan fingerprint density at radius 2 is 1.56 bits per heavy atom. The lowest BCUT2D eigenvalue weighted by molar-refractivity contribution is -0.137. The van der Waals surface area contributed by atoms with Crippen LogP contribution in [0.2, 0.25) is 5.02 Å². The molecule has 0 spiro atoms. The van der Waals surface area contributed by atoms with Gasteiger partial charge >= 0.3 is 0 Å². The van der Waals surface area contributed by atoms with Crippen LogP contribution in [0.1, 0.15) is 27.0 Å². The first-order chi connectivity index (χ1) is 19.0. The van der Waals surface area contributed by atoms with Crippen molar-refractivity contribution in [3.8, 4) is 0 Å². The summed E-state index contributed by atoms with van der Waals surface area (Å²) in [5.74, 6) is 0.0425. The van der Waals surface area contributed by atoms with Gasteiger partial charge in [-0.2, -0.15) is 0 Å². The van der Waals surface area contributed by atoms with Crippen LogP contribution in [0.25, 0.3) is 0 Å². The largest absolute Gasteiger partial charge is 0.367 e. The number of benzene rings is 3. The van der Waals surface area contributed by atoms with E-state index < -0.39 is 0 Å². The van der Waals surface area contributed by atoms with Crippen LogP contribution in [0.15, 0.2) is 72.8 Å². The van der Waals surface area contributed by atoms with Gasteiger partial charge in [0.05, 0.1) is 11.6 Å². The quantitative estimate of drug-likeness (QED) is 0.454. The third-order valence-corrected chi connectivity index (χ3v) is 7.99. The molecular formula is C31H36ClN5O2. The van der Waals surface area contributed by atoms with Gasteiger partial charge < -0.3 is 20.9 Å². The highest BCUT2D eigenvalue weighted by Crippen LogP contribution is 2.26. The van der Waals surface area contributed by atoms with Crippen molar-refractivity contribution in [3.63, 3.8) is 0 Å². The number of nitrogens with two attached hydrogens (primary N) is 1. The lowest BCUT2D eigenvalue weighted by Gasteiger charge is -2.41. The fourth-order valence-corrected chi connectivity index (χ4v) is 5.73. The zero-order chi connectivity index (χ0) is 27.2. The second kappa shape index (κ2) is 12.6. The SMILES string of the molecule is NCCNC(=O)c1ccccc1N1CCN(C(=O)[C@@H](Cc2ccc(Cl)cc2)N2CCc3ccccc3C2)CC1. The molecule has 3 aromatic rings. The highest BCUT2D eigenvalue weighted by molar-refractivity contribution is 6.30. The van der Waals surface area contributed by atoms with Crippen LogP contribution in [0, 0.1) is 0 Å². The topological polar surface area (TPSA) is 81.9 Å². The lowest BCUT2D eigenvalue weighted by Crippen LogP contribution is -2.56. The fraction of sp³-hybridized carbons (Fsp3) is 0.355. The van der Waals surface area contributed by atoms with Crippen molar-refractivity contribution in [1.82, 2.24) is 15.1 Å². The van der Waals surface area contributed by atoms with Crippen molar-refractivity contribution in [3.05, 3.63) is 100 Å². The number of carbonyl (C=O) groups is 2. The van der Waals surface area contributed by atoms with Crippen LogP contribution in [-0.2, 0) is 24.2 Å². The molecule has 8 heteroatoms. The van der Waals surface area contributed by atoms with Crippen LogP contribution in [0.3, 0.4) is 0 Å². The van der Waals surface area contributed by atoms with Crippen molar-refractivity contribution < 1.29 is 9.59 Å². The molecule has 0 aliphatic carbocycles. The normalized spacial score (nSPS) is 16.5. The summed E-state index contributed by atoms with van der Waals surface area (Å²) in [6.45, 7) is 5.02. The van der Waals surface area contributed by atoms with E-state index >= 15 is 0 Å². The second-order valence-corrected chi connectivity index (χ2v) is 10.6. The Kier molecular flexibility index (Phi) is 8.81. The van der Waals surface area contributed by atoms with Crippen molar-refractivity contribution in [2.75, 3.05) is 50.7 Å². The molecule has 2 aliphatic heterocycles. The minimum absolute atomic E-state index is 0.122. The van der Waals surface area contributed by atoms with E-state index in [0.29, 0.717) is 56.3 Å². The molecule has 1 saturated heterocycles. The zero-order valence-corrected chi connectivity index (χ0v) is 22.9. The number of halogens is 1. The predicted molar refractivity (Wildman–Crippen MR) is 156 cm³/mol. The van der Waals surface area contributed by atoms with E-state index in [0.717, 1.165) is 30.8 Å². The summed E-state index contributed by atoms with van der Waals surface area (Å²) in [6, 6.07) is 23.7. The van der Waals surface area contributed by atoms with E-state index in [1.807, 2.05) is 53.4 Å². The minimum atomic E-state index is -0.250. The van der Waals surface area contributed by atoms with E-state index in [2.05, 4.69) is 39.4 Å². The monoisotopic (exact) mass is 545 g/mol. The number of amides is 2. The lowest BCUT2D eigenvalue weighted by atomic mass is 9.95. The molecule has 0 bridgehead atoms. The van der Waals surface area contributed by atoms with Gasteiger partial charge in [-0.15, -0.1) is 0 Å². The van der Waals surface area contributed by atoms with Gasteiger partial charge in [0.15, 0.2) is 0 Å². The summed E-state index contributed by atoms with van der Waals surface area (Å²) in [5.41, 5.74) is 10.9. The van der Waals surface area contributed by atoms with Gasteiger partial charge in [-0.3, -0.25) is 14.5 Å². The van der Waals surface area contributed by atoms with Gasteiger partial charge in [0.2, 0.25) is 5.91 Å². The smallest absolute Gasteiger partial charge is 0.253 e. The molecule has 204 valence electrons. The third kappa shape index (κ3) is 6.44. The molecule has 2 heterocycles. The van der Waals surface area contributed by atoms with Crippen LogP contribution in [0.5, 0.6) is 0 Å². The number of nitrogens with one attached hydrogen (secondary N) is 1. The summed E-state index contributed by atoms with van der Waals surface area (Å²) in [5, 5.41) is 3.57. The maximum atomic E-state index is 14.1. The van der Waals surface area contributed by atoms with E-state index in [1.165, 1.54) is 11.1 Å². The molecule has 3 aromatic carbocycles. The minimum Gasteiger partial charge on any atom is -0.367 e. The molecule has 2 aliphatic rings. The highest BCUT2D eigenvalue weighted by Gasteiger charge is 2.34. The van der Waals surface area contributed by atoms with Gasteiger partial charge in [0.25, 0.3) is 5.91 Å². The molecule has 0 radical (unpaired) electrons. The number of fused-ring (bicyclic) bond motifs is 1. The summed E-state index contributed by atoms with van der Waals surface area (Å²) in [6.07, 6.45) is 1.58. The zero-order valence-electron chi connectivity index (χ0n) is 22.2. The third-order valence-electron chi connectivity index (χ3n) is 7.74. The van der Waals surface area contributed by atoms with Gasteiger partial charge in [0.1, 0.15) is 0 Å². The number of carbonyl (C=O) groups excluding carboxylic acids is 2. The molecule has 2 amide bonds. The molecule has 0 saturated carbocycles.